The predicted octanol–water partition coefficient (Wildman–Crippen LogP) is 12.3. The van der Waals surface area contributed by atoms with Crippen molar-refractivity contribution in [1.29, 1.82) is 0 Å². The van der Waals surface area contributed by atoms with Crippen LogP contribution in [0.5, 0.6) is 0 Å². The number of aromatic amines is 2. The first-order valence-electron chi connectivity index (χ1n) is 19.2. The van der Waals surface area contributed by atoms with E-state index in [1.807, 2.05) is 24.8 Å². The molecular formula is C47H52N6. The van der Waals surface area contributed by atoms with Crippen molar-refractivity contribution >= 4 is 44.1 Å². The Bertz CT molecular complexity index is 2370. The fraction of sp³-hybridized carbons (Fsp3) is 0.319. The highest BCUT2D eigenvalue weighted by Gasteiger charge is 2.17. The second kappa shape index (κ2) is 15.3. The number of aliphatic imine (C=N–C) groups is 2. The number of allylic oxidation sites excluding steroid dienone is 2. The molecule has 6 heteroatoms. The van der Waals surface area contributed by atoms with Gasteiger partial charge in [-0.15, -0.1) is 0 Å². The summed E-state index contributed by atoms with van der Waals surface area (Å²) in [6.45, 7) is 17.4. The van der Waals surface area contributed by atoms with Gasteiger partial charge >= 0.3 is 0 Å². The molecule has 0 unspecified atom stereocenters. The number of H-pyrrole nitrogens is 2. The molecule has 53 heavy (non-hydrogen) atoms. The molecule has 270 valence electrons. The molecule has 0 fully saturated rings. The summed E-state index contributed by atoms with van der Waals surface area (Å²) in [7, 11) is 0. The molecule has 8 rings (SSSR count). The average molecular weight is 701 g/mol. The monoisotopic (exact) mass is 700 g/mol. The van der Waals surface area contributed by atoms with E-state index < -0.39 is 0 Å². The average Bonchev–Trinajstić information content (AvgIpc) is 3.98. The van der Waals surface area contributed by atoms with Gasteiger partial charge in [0.1, 0.15) is 11.6 Å². The van der Waals surface area contributed by atoms with Gasteiger partial charge in [0.15, 0.2) is 0 Å². The van der Waals surface area contributed by atoms with E-state index >= 15 is 0 Å². The standard InChI is InChI=1S/C27H27N3.C20H25N3/c1-16(2)25-13-24(14-28-25)20-6-5-18-10-23-12-21(8-7-19(23)9-22(18)11-20)26-15-29-27(30-26)17(3)4;1-13(2)19-10-17(11-21-19)16-7-5-15(6-8-16)9-18-12-22-20(23-18)14(3)4/h5-12,14-17H,13H2,1-4H3,(H,29,30);5-8,11-14H,9-10H2,1-4H3,(H,22,23). The third kappa shape index (κ3) is 8.17. The molecule has 0 saturated heterocycles. The summed E-state index contributed by atoms with van der Waals surface area (Å²) in [5.41, 5.74) is 12.5. The molecule has 0 atom stereocenters. The molecule has 6 nitrogen and oxygen atoms in total. The number of fused-ring (bicyclic) bond motifs is 2. The highest BCUT2D eigenvalue weighted by molar-refractivity contribution is 6.03. The van der Waals surface area contributed by atoms with Gasteiger partial charge < -0.3 is 9.97 Å². The van der Waals surface area contributed by atoms with Gasteiger partial charge in [0.05, 0.1) is 11.9 Å². The van der Waals surface area contributed by atoms with Crippen molar-refractivity contribution in [3.63, 3.8) is 0 Å². The summed E-state index contributed by atoms with van der Waals surface area (Å²) in [6.07, 6.45) is 10.8. The fourth-order valence-corrected chi connectivity index (χ4v) is 6.91. The van der Waals surface area contributed by atoms with E-state index in [1.165, 1.54) is 72.1 Å². The summed E-state index contributed by atoms with van der Waals surface area (Å²) in [5, 5.41) is 5.04. The lowest BCUT2D eigenvalue weighted by Gasteiger charge is -2.09. The summed E-state index contributed by atoms with van der Waals surface area (Å²) < 4.78 is 0. The first-order valence-corrected chi connectivity index (χ1v) is 19.2. The van der Waals surface area contributed by atoms with Crippen LogP contribution in [0, 0.1) is 11.8 Å². The molecule has 0 bridgehead atoms. The van der Waals surface area contributed by atoms with Gasteiger partial charge in [0.25, 0.3) is 0 Å². The van der Waals surface area contributed by atoms with Crippen molar-refractivity contribution < 1.29 is 0 Å². The number of nitrogens with one attached hydrogen (secondary N) is 2. The van der Waals surface area contributed by atoms with Crippen LogP contribution in [0.25, 0.3) is 43.9 Å². The Morgan fingerprint density at radius 2 is 1.02 bits per heavy atom. The molecule has 0 amide bonds. The Hall–Kier alpha value is -5.36. The summed E-state index contributed by atoms with van der Waals surface area (Å²) in [5.74, 6) is 3.96. The maximum Gasteiger partial charge on any atom is 0.109 e. The quantitative estimate of drug-likeness (QED) is 0.147. The zero-order valence-corrected chi connectivity index (χ0v) is 32.5. The number of nitrogens with zero attached hydrogens (tertiary/aromatic N) is 4. The molecule has 0 saturated carbocycles. The minimum absolute atomic E-state index is 0.398. The third-order valence-corrected chi connectivity index (χ3v) is 10.4. The lowest BCUT2D eigenvalue weighted by atomic mass is 9.95. The summed E-state index contributed by atoms with van der Waals surface area (Å²) in [6, 6.07) is 26.8. The normalized spacial score (nSPS) is 14.3. The van der Waals surface area contributed by atoms with E-state index in [2.05, 4.69) is 158 Å². The topological polar surface area (TPSA) is 82.1 Å². The fourth-order valence-electron chi connectivity index (χ4n) is 6.91. The molecule has 0 aliphatic carbocycles. The van der Waals surface area contributed by atoms with Gasteiger partial charge in [0, 0.05) is 72.4 Å². The van der Waals surface area contributed by atoms with Crippen LogP contribution in [0.15, 0.2) is 108 Å². The second-order valence-electron chi connectivity index (χ2n) is 15.8. The molecule has 2 aliphatic heterocycles. The van der Waals surface area contributed by atoms with Crippen LogP contribution in [0.1, 0.15) is 114 Å². The first-order chi connectivity index (χ1) is 25.5. The van der Waals surface area contributed by atoms with Crippen molar-refractivity contribution in [1.82, 2.24) is 19.9 Å². The molecule has 2 aromatic heterocycles. The van der Waals surface area contributed by atoms with Crippen molar-refractivity contribution in [3.05, 3.63) is 132 Å². The van der Waals surface area contributed by atoms with Crippen LogP contribution in [-0.4, -0.2) is 31.4 Å². The third-order valence-electron chi connectivity index (χ3n) is 10.4. The van der Waals surface area contributed by atoms with Crippen molar-refractivity contribution in [2.24, 2.45) is 21.8 Å². The van der Waals surface area contributed by atoms with E-state index in [0.29, 0.717) is 23.7 Å². The van der Waals surface area contributed by atoms with Gasteiger partial charge in [-0.3, -0.25) is 9.98 Å². The Labute approximate surface area is 314 Å². The molecular weight excluding hydrogens is 649 g/mol. The van der Waals surface area contributed by atoms with Crippen molar-refractivity contribution in [2.75, 3.05) is 0 Å². The molecule has 2 aliphatic rings. The minimum atomic E-state index is 0.398. The maximum atomic E-state index is 4.62. The summed E-state index contributed by atoms with van der Waals surface area (Å²) >= 11 is 0. The van der Waals surface area contributed by atoms with Crippen LogP contribution in [0.4, 0.5) is 0 Å². The number of hydrogen-bond acceptors (Lipinski definition) is 4. The molecule has 0 spiro atoms. The highest BCUT2D eigenvalue weighted by Crippen LogP contribution is 2.32. The molecule has 4 heterocycles. The Balaban J connectivity index is 0.000000170. The van der Waals surface area contributed by atoms with Gasteiger partial charge in [-0.05, 0) is 85.5 Å². The molecule has 6 aromatic rings. The zero-order valence-electron chi connectivity index (χ0n) is 32.5. The SMILES string of the molecule is CC(C)C1=NC=C(c2ccc(Cc3cnc(C(C)C)[nH]3)cc2)C1.CC(C)C1=NC=C(c2ccc3cc4cc(-c5cnc(C(C)C)[nH]5)ccc4cc3c2)C1. The van der Waals surface area contributed by atoms with E-state index in [1.54, 1.807) is 0 Å². The van der Waals surface area contributed by atoms with Crippen LogP contribution in [-0.2, 0) is 6.42 Å². The predicted molar refractivity (Wildman–Crippen MR) is 225 cm³/mol. The maximum absolute atomic E-state index is 4.62. The van der Waals surface area contributed by atoms with Crippen molar-refractivity contribution in [2.45, 2.75) is 86.5 Å². The second-order valence-corrected chi connectivity index (χ2v) is 15.8. The lowest BCUT2D eigenvalue weighted by molar-refractivity contribution is 0.790. The van der Waals surface area contributed by atoms with Crippen LogP contribution >= 0.6 is 0 Å². The van der Waals surface area contributed by atoms with Gasteiger partial charge in [0.2, 0.25) is 0 Å². The number of benzene rings is 4. The number of aromatic nitrogens is 4. The van der Waals surface area contributed by atoms with Crippen LogP contribution in [0.3, 0.4) is 0 Å². The van der Waals surface area contributed by atoms with E-state index in [9.17, 15) is 0 Å². The lowest BCUT2D eigenvalue weighted by Crippen LogP contribution is -2.04. The Kier molecular flexibility index (Phi) is 10.4. The zero-order chi connectivity index (χ0) is 37.2. The number of hydrogen-bond donors (Lipinski definition) is 2. The van der Waals surface area contributed by atoms with Crippen molar-refractivity contribution in [3.8, 4) is 11.3 Å². The van der Waals surface area contributed by atoms with Crippen LogP contribution < -0.4 is 0 Å². The molecule has 4 aromatic carbocycles. The minimum Gasteiger partial charge on any atom is -0.345 e. The van der Waals surface area contributed by atoms with E-state index in [-0.39, 0.29) is 0 Å². The summed E-state index contributed by atoms with van der Waals surface area (Å²) in [4.78, 5) is 25.0. The van der Waals surface area contributed by atoms with Gasteiger partial charge in [-0.2, -0.15) is 0 Å². The Morgan fingerprint density at radius 1 is 0.509 bits per heavy atom. The number of rotatable bonds is 9. The highest BCUT2D eigenvalue weighted by atomic mass is 14.9. The smallest absolute Gasteiger partial charge is 0.109 e. The molecule has 0 radical (unpaired) electrons. The molecule has 2 N–H and O–H groups in total. The van der Waals surface area contributed by atoms with E-state index in [0.717, 1.165) is 36.6 Å². The first kappa shape index (κ1) is 36.0. The Morgan fingerprint density at radius 3 is 1.55 bits per heavy atom. The van der Waals surface area contributed by atoms with E-state index in [4.69, 9.17) is 0 Å². The van der Waals surface area contributed by atoms with Gasteiger partial charge in [-0.25, -0.2) is 9.97 Å². The van der Waals surface area contributed by atoms with Gasteiger partial charge in [-0.1, -0.05) is 104 Å². The number of imidazole rings is 2. The largest absolute Gasteiger partial charge is 0.345 e. The van der Waals surface area contributed by atoms with Crippen LogP contribution in [0.2, 0.25) is 0 Å².